The normalized spacial score (nSPS) is 17.3. The summed E-state index contributed by atoms with van der Waals surface area (Å²) >= 11 is 1.57. The zero-order chi connectivity index (χ0) is 63.3. The number of rotatable bonds is 26. The summed E-state index contributed by atoms with van der Waals surface area (Å²) in [6.45, 7) is 11.5. The van der Waals surface area contributed by atoms with E-state index < -0.39 is 34.1 Å². The summed E-state index contributed by atoms with van der Waals surface area (Å²) in [7, 11) is 2.89. The number of hydrogen-bond acceptors (Lipinski definition) is 16. The number of β-amino-alcohol motifs (C(OH)–C–C–N with tert-alkyl or cyclic N) is 1. The number of fused-ring (bicyclic) bond motifs is 1. The molecule has 10 rings (SSSR count). The van der Waals surface area contributed by atoms with E-state index in [1.807, 2.05) is 84.6 Å². The number of pyridine rings is 1. The molecule has 0 unspecified atom stereocenters. The van der Waals surface area contributed by atoms with Crippen LogP contribution in [-0.2, 0) is 33.7 Å². The number of amides is 3. The lowest BCUT2D eigenvalue weighted by Crippen LogP contribution is -2.49. The van der Waals surface area contributed by atoms with E-state index in [9.17, 15) is 32.7 Å². The Morgan fingerprint density at radius 2 is 1.56 bits per heavy atom. The average molecular weight is 1250 g/mol. The number of imidazole rings is 1. The Bertz CT molecular complexity index is 4020. The minimum atomic E-state index is -4.38. The van der Waals surface area contributed by atoms with Crippen molar-refractivity contribution in [3.05, 3.63) is 142 Å². The molecule has 1 saturated carbocycles. The van der Waals surface area contributed by atoms with Gasteiger partial charge in [-0.1, -0.05) is 51.1 Å². The van der Waals surface area contributed by atoms with Crippen molar-refractivity contribution in [1.82, 2.24) is 49.3 Å². The number of aliphatic hydroxyl groups is 1. The van der Waals surface area contributed by atoms with Crippen LogP contribution in [0.15, 0.2) is 125 Å². The molecular formula is C65H77N11O11S2. The number of ether oxygens (including phenoxy) is 4. The molecule has 89 heavy (non-hydrogen) atoms. The highest BCUT2D eigenvalue weighted by molar-refractivity contribution is 7.92. The van der Waals surface area contributed by atoms with Crippen LogP contribution in [0.25, 0.3) is 32.6 Å². The highest BCUT2D eigenvalue weighted by atomic mass is 32.2. The molecule has 3 amide bonds. The highest BCUT2D eigenvalue weighted by Crippen LogP contribution is 2.39. The van der Waals surface area contributed by atoms with Crippen LogP contribution in [-0.4, -0.2) is 135 Å². The third-order valence-corrected chi connectivity index (χ3v) is 18.4. The van der Waals surface area contributed by atoms with Gasteiger partial charge in [0, 0.05) is 99.8 Å². The Hall–Kier alpha value is -8.58. The molecule has 5 heterocycles. The maximum Gasteiger partial charge on any atom is 0.328 e. The Morgan fingerprint density at radius 3 is 2.26 bits per heavy atom. The van der Waals surface area contributed by atoms with Gasteiger partial charge in [0.1, 0.15) is 35.4 Å². The minimum Gasteiger partial charge on any atom is -0.493 e. The standard InChI is InChI=1S/C65H77N11O11S2/c1-10-23-84-49-30-50(85-24-12-11-22-72(6)7)32-52(31-49)86-58-34-56-55(73(8)65(81)74(56)9)33-54(58)71-89(82,83)53-15-13-14-45(25-53)62(78)70-47-27-51(28-47)87-59-26-44(20-21-66-59)46-35-68-76(36-46)60(39(2)3)64(80)75-37-48(77)29-57(75)63(79)69-40(4)42-16-18-43(19-17-42)61-41(5)67-38-88-61/h13-21,25-26,30-36,38-40,47-48,51,57,60,71,77H,10-12,22-24,27-29,37H2,1-9H3,(H,69,79)(H,70,78)/t40-,47?,48+,51?,57-,60-/m0/s1. The summed E-state index contributed by atoms with van der Waals surface area (Å²) in [5.74, 6) is 0.425. The molecule has 1 aliphatic carbocycles. The third kappa shape index (κ3) is 14.8. The summed E-state index contributed by atoms with van der Waals surface area (Å²) < 4.78 is 60.6. The van der Waals surface area contributed by atoms with Gasteiger partial charge >= 0.3 is 5.69 Å². The van der Waals surface area contributed by atoms with Gasteiger partial charge in [-0.3, -0.25) is 32.9 Å². The van der Waals surface area contributed by atoms with Crippen LogP contribution in [0.1, 0.15) is 99.9 Å². The van der Waals surface area contributed by atoms with Crippen LogP contribution in [0.4, 0.5) is 5.69 Å². The van der Waals surface area contributed by atoms with Gasteiger partial charge in [0.05, 0.1) is 69.3 Å². The van der Waals surface area contributed by atoms with Crippen molar-refractivity contribution in [3.8, 4) is 50.4 Å². The number of aryl methyl sites for hydroxylation is 3. The van der Waals surface area contributed by atoms with Crippen molar-refractivity contribution in [3.63, 3.8) is 0 Å². The Labute approximate surface area is 521 Å². The zero-order valence-corrected chi connectivity index (χ0v) is 53.1. The number of benzene rings is 4. The lowest BCUT2D eigenvalue weighted by Gasteiger charge is -2.35. The topological polar surface area (TPSA) is 256 Å². The number of nitrogens with one attached hydrogen (secondary N) is 3. The molecule has 470 valence electrons. The monoisotopic (exact) mass is 1250 g/mol. The van der Waals surface area contributed by atoms with Gasteiger partial charge in [-0.25, -0.2) is 23.2 Å². The molecule has 4 atom stereocenters. The fourth-order valence-corrected chi connectivity index (χ4v) is 13.0. The number of sulfonamides is 1. The van der Waals surface area contributed by atoms with Crippen molar-refractivity contribution in [2.45, 2.75) is 114 Å². The lowest BCUT2D eigenvalue weighted by atomic mass is 9.89. The van der Waals surface area contributed by atoms with E-state index in [2.05, 4.69) is 35.3 Å². The fraction of sp³-hybridized carbons (Fsp3) is 0.400. The van der Waals surface area contributed by atoms with Crippen molar-refractivity contribution < 1.29 is 46.9 Å². The Balaban J connectivity index is 0.758. The molecule has 24 heteroatoms. The van der Waals surface area contributed by atoms with Crippen LogP contribution in [0.2, 0.25) is 0 Å². The number of aliphatic hydroxyl groups excluding tert-OH is 1. The number of likely N-dealkylation sites (tertiary alicyclic amines) is 1. The zero-order valence-electron chi connectivity index (χ0n) is 51.5. The molecular weight excluding hydrogens is 1170 g/mol. The van der Waals surface area contributed by atoms with Crippen LogP contribution >= 0.6 is 11.3 Å². The molecule has 8 aromatic rings. The van der Waals surface area contributed by atoms with Gasteiger partial charge in [0.15, 0.2) is 5.75 Å². The van der Waals surface area contributed by atoms with Gasteiger partial charge in [0.2, 0.25) is 17.7 Å². The molecule has 0 radical (unpaired) electrons. The number of thiazole rings is 1. The predicted octanol–water partition coefficient (Wildman–Crippen LogP) is 9.05. The van der Waals surface area contributed by atoms with E-state index in [1.165, 1.54) is 38.3 Å². The van der Waals surface area contributed by atoms with Crippen molar-refractivity contribution in [2.24, 2.45) is 20.0 Å². The molecule has 0 spiro atoms. The highest BCUT2D eigenvalue weighted by Gasteiger charge is 2.43. The van der Waals surface area contributed by atoms with Crippen LogP contribution in [0, 0.1) is 12.8 Å². The summed E-state index contributed by atoms with van der Waals surface area (Å²) in [6.07, 6.45) is 7.47. The molecule has 2 aliphatic rings. The predicted molar refractivity (Wildman–Crippen MR) is 340 cm³/mol. The maximum absolute atomic E-state index is 14.5. The Kier molecular flexibility index (Phi) is 19.6. The van der Waals surface area contributed by atoms with Crippen LogP contribution in [0.5, 0.6) is 28.9 Å². The lowest BCUT2D eigenvalue weighted by molar-refractivity contribution is -0.142. The second-order valence-electron chi connectivity index (χ2n) is 23.5. The summed E-state index contributed by atoms with van der Waals surface area (Å²) in [6, 6.07) is 23.3. The first kappa shape index (κ1) is 63.4. The van der Waals surface area contributed by atoms with Crippen molar-refractivity contribution in [1.29, 1.82) is 0 Å². The van der Waals surface area contributed by atoms with Crippen LogP contribution < -0.4 is 40.0 Å². The fourth-order valence-electron chi connectivity index (χ4n) is 11.1. The first-order valence-corrected chi connectivity index (χ1v) is 32.3. The number of anilines is 1. The minimum absolute atomic E-state index is 0.0122. The van der Waals surface area contributed by atoms with Gasteiger partial charge in [-0.05, 0) is 107 Å². The van der Waals surface area contributed by atoms with E-state index in [1.54, 1.807) is 85.1 Å². The van der Waals surface area contributed by atoms with E-state index in [4.69, 9.17) is 18.9 Å². The second kappa shape index (κ2) is 27.4. The average Bonchev–Trinajstić information content (AvgIpc) is 1.79. The molecule has 0 bridgehead atoms. The number of carbonyl (C=O) groups is 3. The van der Waals surface area contributed by atoms with Gasteiger partial charge < -0.3 is 44.5 Å². The van der Waals surface area contributed by atoms with Crippen molar-refractivity contribution in [2.75, 3.05) is 45.1 Å². The summed E-state index contributed by atoms with van der Waals surface area (Å²) in [5, 5.41) is 21.5. The number of unbranched alkanes of at least 4 members (excludes halogenated alkanes) is 1. The molecule has 4 aromatic heterocycles. The third-order valence-electron chi connectivity index (χ3n) is 16.0. The van der Waals surface area contributed by atoms with Gasteiger partial charge in [-0.15, -0.1) is 11.3 Å². The first-order chi connectivity index (χ1) is 42.6. The smallest absolute Gasteiger partial charge is 0.328 e. The number of aromatic nitrogens is 6. The largest absolute Gasteiger partial charge is 0.493 e. The second-order valence-corrected chi connectivity index (χ2v) is 26.0. The summed E-state index contributed by atoms with van der Waals surface area (Å²) in [4.78, 5) is 68.5. The van der Waals surface area contributed by atoms with Crippen LogP contribution in [0.3, 0.4) is 0 Å². The quantitative estimate of drug-likeness (QED) is 0.0369. The molecule has 2 fully saturated rings. The molecule has 4 N–H and O–H groups in total. The molecule has 1 saturated heterocycles. The van der Waals surface area contributed by atoms with Gasteiger partial charge in [-0.2, -0.15) is 5.10 Å². The molecule has 22 nitrogen and oxygen atoms in total. The molecule has 1 aliphatic heterocycles. The maximum atomic E-state index is 14.5. The van der Waals surface area contributed by atoms with E-state index >= 15 is 0 Å². The number of carbonyl (C=O) groups excluding carboxylic acids is 3. The van der Waals surface area contributed by atoms with Gasteiger partial charge in [0.25, 0.3) is 15.9 Å². The molecule has 4 aromatic carbocycles. The summed E-state index contributed by atoms with van der Waals surface area (Å²) in [5.41, 5.74) is 6.97. The van der Waals surface area contributed by atoms with E-state index in [-0.39, 0.29) is 76.5 Å². The first-order valence-electron chi connectivity index (χ1n) is 30.0. The SMILES string of the molecule is CCCOc1cc(OCCCCN(C)C)cc(Oc2cc3c(cc2NS(=O)(=O)c2cccc(C(=O)NC4CC(Oc5cc(-c6cnn([C@H](C(=O)N7C[C@H](O)C[C@H]7C(=O)N[C@@H](C)c7ccc(-c8scnc8C)cc7)C(C)C)c6)ccn5)C4)c2)n(C)c(=O)n3C)c1. The van der Waals surface area contributed by atoms with E-state index in [0.29, 0.717) is 65.8 Å². The van der Waals surface area contributed by atoms with Crippen molar-refractivity contribution >= 4 is 55.8 Å². The van der Waals surface area contributed by atoms with E-state index in [0.717, 1.165) is 53.1 Å². The number of hydrogen-bond donors (Lipinski definition) is 4. The number of nitrogens with zero attached hydrogens (tertiary/aromatic N) is 8. The Morgan fingerprint density at radius 1 is 0.843 bits per heavy atom.